The Bertz CT molecular complexity index is 956. The van der Waals surface area contributed by atoms with Crippen molar-refractivity contribution in [2.24, 2.45) is 0 Å². The molecule has 26 heavy (non-hydrogen) atoms. The van der Waals surface area contributed by atoms with E-state index in [-0.39, 0.29) is 17.2 Å². The summed E-state index contributed by atoms with van der Waals surface area (Å²) >= 11 is 1.19. The van der Waals surface area contributed by atoms with Gasteiger partial charge in [-0.1, -0.05) is 36.0 Å². The van der Waals surface area contributed by atoms with E-state index < -0.39 is 0 Å². The Labute approximate surface area is 153 Å². The van der Waals surface area contributed by atoms with E-state index in [4.69, 9.17) is 0 Å². The molecule has 0 bridgehead atoms. The van der Waals surface area contributed by atoms with Crippen molar-refractivity contribution in [2.75, 3.05) is 11.1 Å². The molecule has 0 aliphatic heterocycles. The molecule has 0 saturated carbocycles. The van der Waals surface area contributed by atoms with Crippen LogP contribution in [-0.4, -0.2) is 41.6 Å². The highest BCUT2D eigenvalue weighted by atomic mass is 32.2. The highest BCUT2D eigenvalue weighted by Gasteiger charge is 2.16. The Balaban J connectivity index is 1.73. The van der Waals surface area contributed by atoms with Crippen LogP contribution in [0, 0.1) is 11.3 Å². The number of anilines is 1. The summed E-state index contributed by atoms with van der Waals surface area (Å²) in [5.74, 6) is 0.120. The predicted octanol–water partition coefficient (Wildman–Crippen LogP) is 1.65. The molecule has 3 rings (SSSR count). The summed E-state index contributed by atoms with van der Waals surface area (Å²) in [6, 6.07) is 11.3. The summed E-state index contributed by atoms with van der Waals surface area (Å²) in [7, 11) is 0. The molecule has 0 saturated heterocycles. The standard InChI is InChI=1S/C16H14N8OS/c1-2-8-23-16(20-21-22-23)26-11-14(25)19-15-12(9-17)10-18-24(15)13-6-4-3-5-7-13/h2-7,10H,1,8,11H2,(H,19,25). The number of amides is 1. The van der Waals surface area contributed by atoms with Gasteiger partial charge in [0, 0.05) is 0 Å². The summed E-state index contributed by atoms with van der Waals surface area (Å²) in [6.07, 6.45) is 3.08. The number of nitriles is 1. The van der Waals surface area contributed by atoms with Crippen LogP contribution >= 0.6 is 11.8 Å². The molecular weight excluding hydrogens is 352 g/mol. The molecule has 0 spiro atoms. The molecule has 0 aliphatic carbocycles. The van der Waals surface area contributed by atoms with E-state index in [1.807, 2.05) is 36.4 Å². The molecule has 2 aromatic heterocycles. The molecule has 2 heterocycles. The van der Waals surface area contributed by atoms with Crippen LogP contribution in [0.5, 0.6) is 0 Å². The number of benzene rings is 1. The maximum absolute atomic E-state index is 12.3. The highest BCUT2D eigenvalue weighted by Crippen LogP contribution is 2.20. The largest absolute Gasteiger partial charge is 0.309 e. The number of hydrogen-bond acceptors (Lipinski definition) is 7. The minimum Gasteiger partial charge on any atom is -0.309 e. The van der Waals surface area contributed by atoms with Crippen LogP contribution in [0.2, 0.25) is 0 Å². The van der Waals surface area contributed by atoms with Gasteiger partial charge >= 0.3 is 0 Å². The van der Waals surface area contributed by atoms with Crippen LogP contribution in [0.3, 0.4) is 0 Å². The Morgan fingerprint density at radius 1 is 1.38 bits per heavy atom. The average Bonchev–Trinajstić information content (AvgIpc) is 3.27. The molecule has 0 aliphatic rings. The molecule has 0 unspecified atom stereocenters. The first-order valence-corrected chi connectivity index (χ1v) is 8.54. The topological polar surface area (TPSA) is 114 Å². The quantitative estimate of drug-likeness (QED) is 0.499. The third kappa shape index (κ3) is 3.79. The number of para-hydroxylation sites is 1. The molecule has 9 nitrogen and oxygen atoms in total. The monoisotopic (exact) mass is 366 g/mol. The van der Waals surface area contributed by atoms with E-state index in [9.17, 15) is 10.1 Å². The SMILES string of the molecule is C=CCn1nnnc1SCC(=O)Nc1c(C#N)cnn1-c1ccccc1. The number of carbonyl (C=O) groups is 1. The molecule has 1 amide bonds. The van der Waals surface area contributed by atoms with Crippen molar-refractivity contribution in [1.29, 1.82) is 5.26 Å². The van der Waals surface area contributed by atoms with Crippen LogP contribution in [0.25, 0.3) is 5.69 Å². The lowest BCUT2D eigenvalue weighted by Gasteiger charge is -2.09. The lowest BCUT2D eigenvalue weighted by molar-refractivity contribution is -0.113. The number of nitrogens with zero attached hydrogens (tertiary/aromatic N) is 7. The molecule has 10 heteroatoms. The van der Waals surface area contributed by atoms with E-state index in [2.05, 4.69) is 32.5 Å². The van der Waals surface area contributed by atoms with Crippen LogP contribution < -0.4 is 5.32 Å². The number of rotatable bonds is 7. The van der Waals surface area contributed by atoms with Crippen molar-refractivity contribution in [1.82, 2.24) is 30.0 Å². The Hall–Kier alpha value is -3.45. The van der Waals surface area contributed by atoms with Gasteiger partial charge in [-0.05, 0) is 22.6 Å². The van der Waals surface area contributed by atoms with E-state index >= 15 is 0 Å². The number of tetrazole rings is 1. The molecule has 0 atom stereocenters. The van der Waals surface area contributed by atoms with Crippen LogP contribution in [-0.2, 0) is 11.3 Å². The summed E-state index contributed by atoms with van der Waals surface area (Å²) in [4.78, 5) is 12.3. The molecule has 1 aromatic carbocycles. The van der Waals surface area contributed by atoms with Crippen LogP contribution in [0.4, 0.5) is 5.82 Å². The van der Waals surface area contributed by atoms with Crippen LogP contribution in [0.1, 0.15) is 5.56 Å². The van der Waals surface area contributed by atoms with Crippen LogP contribution in [0.15, 0.2) is 54.3 Å². The maximum atomic E-state index is 12.3. The Kier molecular flexibility index (Phi) is 5.40. The van der Waals surface area contributed by atoms with E-state index in [0.717, 1.165) is 5.69 Å². The Morgan fingerprint density at radius 3 is 2.92 bits per heavy atom. The van der Waals surface area contributed by atoms with E-state index in [1.54, 1.807) is 10.8 Å². The van der Waals surface area contributed by atoms with Gasteiger partial charge < -0.3 is 5.32 Å². The van der Waals surface area contributed by atoms with Gasteiger partial charge in [0.2, 0.25) is 11.1 Å². The van der Waals surface area contributed by atoms with Gasteiger partial charge in [0.1, 0.15) is 11.6 Å². The van der Waals surface area contributed by atoms with Gasteiger partial charge in [0.15, 0.2) is 5.82 Å². The zero-order valence-corrected chi connectivity index (χ0v) is 14.4. The van der Waals surface area contributed by atoms with Gasteiger partial charge in [0.25, 0.3) is 0 Å². The second-order valence-electron chi connectivity index (χ2n) is 5.04. The van der Waals surface area contributed by atoms with Crippen molar-refractivity contribution in [3.05, 3.63) is 54.7 Å². The van der Waals surface area contributed by atoms with Crippen molar-refractivity contribution >= 4 is 23.5 Å². The molecule has 130 valence electrons. The third-order valence-corrected chi connectivity index (χ3v) is 4.24. The van der Waals surface area contributed by atoms with Gasteiger partial charge in [-0.15, -0.1) is 11.7 Å². The Morgan fingerprint density at radius 2 is 2.19 bits per heavy atom. The van der Waals surface area contributed by atoms with Crippen molar-refractivity contribution in [3.8, 4) is 11.8 Å². The van der Waals surface area contributed by atoms with Gasteiger partial charge in [-0.25, -0.2) is 9.36 Å². The minimum atomic E-state index is -0.294. The molecule has 3 aromatic rings. The van der Waals surface area contributed by atoms with Gasteiger partial charge in [0.05, 0.1) is 24.2 Å². The average molecular weight is 366 g/mol. The van der Waals surface area contributed by atoms with Gasteiger partial charge in [-0.2, -0.15) is 10.4 Å². The van der Waals surface area contributed by atoms with Crippen molar-refractivity contribution in [2.45, 2.75) is 11.7 Å². The fourth-order valence-electron chi connectivity index (χ4n) is 2.15. The number of allylic oxidation sites excluding steroid dienone is 1. The third-order valence-electron chi connectivity index (χ3n) is 3.28. The first-order valence-electron chi connectivity index (χ1n) is 7.56. The molecular formula is C16H14N8OS. The summed E-state index contributed by atoms with van der Waals surface area (Å²) in [5.41, 5.74) is 1.02. The number of aromatic nitrogens is 6. The lowest BCUT2D eigenvalue weighted by atomic mass is 10.3. The summed E-state index contributed by atoms with van der Waals surface area (Å²) in [6.45, 7) is 4.09. The maximum Gasteiger partial charge on any atom is 0.236 e. The highest BCUT2D eigenvalue weighted by molar-refractivity contribution is 7.99. The second kappa shape index (κ2) is 8.09. The number of hydrogen-bond donors (Lipinski definition) is 1. The normalized spacial score (nSPS) is 10.3. The smallest absolute Gasteiger partial charge is 0.236 e. The van der Waals surface area contributed by atoms with Crippen molar-refractivity contribution < 1.29 is 4.79 Å². The lowest BCUT2D eigenvalue weighted by Crippen LogP contribution is -2.18. The molecule has 0 radical (unpaired) electrons. The summed E-state index contributed by atoms with van der Waals surface area (Å²) < 4.78 is 3.06. The zero-order chi connectivity index (χ0) is 18.4. The zero-order valence-electron chi connectivity index (χ0n) is 13.6. The van der Waals surface area contributed by atoms with E-state index in [0.29, 0.717) is 17.5 Å². The van der Waals surface area contributed by atoms with Gasteiger partial charge in [-0.3, -0.25) is 4.79 Å². The predicted molar refractivity (Wildman–Crippen MR) is 95.6 cm³/mol. The van der Waals surface area contributed by atoms with E-state index in [1.165, 1.54) is 22.6 Å². The second-order valence-corrected chi connectivity index (χ2v) is 5.98. The number of nitrogens with one attached hydrogen (secondary N) is 1. The fourth-order valence-corrected chi connectivity index (χ4v) is 2.84. The van der Waals surface area contributed by atoms with Crippen molar-refractivity contribution in [3.63, 3.8) is 0 Å². The first kappa shape index (κ1) is 17.4. The number of carbonyl (C=O) groups excluding carboxylic acids is 1. The minimum absolute atomic E-state index is 0.0857. The fraction of sp³-hybridized carbons (Fsp3) is 0.125. The molecule has 1 N–H and O–H groups in total. The first-order chi connectivity index (χ1) is 12.7. The molecule has 0 fully saturated rings. The summed E-state index contributed by atoms with van der Waals surface area (Å²) in [5, 5.41) is 28.0. The number of thioether (sulfide) groups is 1.